The highest BCUT2D eigenvalue weighted by molar-refractivity contribution is 9.10. The third-order valence-electron chi connectivity index (χ3n) is 3.86. The van der Waals surface area contributed by atoms with Crippen LogP contribution in [-0.2, 0) is 17.7 Å². The van der Waals surface area contributed by atoms with Gasteiger partial charge in [-0.05, 0) is 31.2 Å². The van der Waals surface area contributed by atoms with E-state index in [1.165, 1.54) is 4.90 Å². The summed E-state index contributed by atoms with van der Waals surface area (Å²) >= 11 is 3.38. The predicted octanol–water partition coefficient (Wildman–Crippen LogP) is 2.85. The van der Waals surface area contributed by atoms with Gasteiger partial charge in [0.05, 0.1) is 24.5 Å². The third-order valence-corrected chi connectivity index (χ3v) is 4.39. The molecule has 0 spiro atoms. The number of benzene rings is 1. The van der Waals surface area contributed by atoms with Gasteiger partial charge in [0.2, 0.25) is 0 Å². The van der Waals surface area contributed by atoms with E-state index < -0.39 is 12.1 Å². The van der Waals surface area contributed by atoms with Crippen molar-refractivity contribution in [2.24, 2.45) is 0 Å². The minimum atomic E-state index is -1.10. The highest BCUT2D eigenvalue weighted by atomic mass is 79.9. The number of aromatic carboxylic acids is 1. The van der Waals surface area contributed by atoms with Gasteiger partial charge in [0.1, 0.15) is 0 Å². The summed E-state index contributed by atoms with van der Waals surface area (Å²) in [6.45, 7) is 2.67. The van der Waals surface area contributed by atoms with Crippen molar-refractivity contribution in [2.75, 3.05) is 13.2 Å². The summed E-state index contributed by atoms with van der Waals surface area (Å²) in [4.78, 5) is 25.0. The molecule has 126 valence electrons. The predicted molar refractivity (Wildman–Crippen MR) is 89.4 cm³/mol. The maximum absolute atomic E-state index is 11.9. The van der Waals surface area contributed by atoms with Crippen LogP contribution in [0.5, 0.6) is 0 Å². The second-order valence-electron chi connectivity index (χ2n) is 5.34. The lowest BCUT2D eigenvalue weighted by molar-refractivity contribution is 0.0684. The van der Waals surface area contributed by atoms with Gasteiger partial charge >= 0.3 is 12.1 Å². The molecule has 0 radical (unpaired) electrons. The van der Waals surface area contributed by atoms with E-state index in [4.69, 9.17) is 4.74 Å². The van der Waals surface area contributed by atoms with Gasteiger partial charge in [0.25, 0.3) is 0 Å². The fourth-order valence-electron chi connectivity index (χ4n) is 2.76. The molecule has 0 fully saturated rings. The maximum Gasteiger partial charge on any atom is 0.410 e. The van der Waals surface area contributed by atoms with Gasteiger partial charge in [0.15, 0.2) is 5.69 Å². The molecule has 0 bridgehead atoms. The molecule has 1 aliphatic heterocycles. The largest absolute Gasteiger partial charge is 0.476 e. The van der Waals surface area contributed by atoms with Crippen molar-refractivity contribution in [3.8, 4) is 5.69 Å². The van der Waals surface area contributed by atoms with Gasteiger partial charge in [-0.3, -0.25) is 0 Å². The lowest BCUT2D eigenvalue weighted by Crippen LogP contribution is -2.37. The number of rotatable bonds is 3. The number of fused-ring (bicyclic) bond motifs is 1. The van der Waals surface area contributed by atoms with Gasteiger partial charge in [0, 0.05) is 23.0 Å². The van der Waals surface area contributed by atoms with Crippen LogP contribution in [-0.4, -0.2) is 45.0 Å². The first-order chi connectivity index (χ1) is 11.5. The lowest BCUT2D eigenvalue weighted by Gasteiger charge is -2.26. The molecule has 2 aromatic rings. The Morgan fingerprint density at radius 3 is 2.67 bits per heavy atom. The fraction of sp³-hybridized carbons (Fsp3) is 0.312. The highest BCUT2D eigenvalue weighted by Gasteiger charge is 2.30. The van der Waals surface area contributed by atoms with Crippen LogP contribution in [0.3, 0.4) is 0 Å². The number of hydrogen-bond donors (Lipinski definition) is 1. The Balaban J connectivity index is 2.01. The molecule has 2 heterocycles. The first-order valence-corrected chi connectivity index (χ1v) is 8.32. The number of halogens is 1. The van der Waals surface area contributed by atoms with Crippen LogP contribution < -0.4 is 0 Å². The Morgan fingerprint density at radius 1 is 1.33 bits per heavy atom. The van der Waals surface area contributed by atoms with Crippen molar-refractivity contribution in [1.82, 2.24) is 14.7 Å². The normalized spacial score (nSPS) is 13.5. The summed E-state index contributed by atoms with van der Waals surface area (Å²) in [6.07, 6.45) is 0.0840. The first kappa shape index (κ1) is 16.5. The van der Waals surface area contributed by atoms with Crippen LogP contribution >= 0.6 is 15.9 Å². The monoisotopic (exact) mass is 393 g/mol. The Hall–Kier alpha value is -2.35. The molecule has 0 saturated carbocycles. The average Bonchev–Trinajstić information content (AvgIpc) is 2.95. The Kier molecular flexibility index (Phi) is 4.57. The van der Waals surface area contributed by atoms with Crippen LogP contribution in [0.1, 0.15) is 28.7 Å². The topological polar surface area (TPSA) is 84.7 Å². The van der Waals surface area contributed by atoms with E-state index in [2.05, 4.69) is 21.0 Å². The van der Waals surface area contributed by atoms with E-state index in [9.17, 15) is 14.7 Å². The van der Waals surface area contributed by atoms with Gasteiger partial charge in [-0.1, -0.05) is 15.9 Å². The molecule has 1 N–H and O–H groups in total. The van der Waals surface area contributed by atoms with Crippen molar-refractivity contribution in [2.45, 2.75) is 19.9 Å². The van der Waals surface area contributed by atoms with Gasteiger partial charge < -0.3 is 14.7 Å². The number of carbonyl (C=O) groups excluding carboxylic acids is 1. The molecule has 3 rings (SSSR count). The van der Waals surface area contributed by atoms with E-state index in [0.717, 1.165) is 15.9 Å². The van der Waals surface area contributed by atoms with Gasteiger partial charge in [-0.25, -0.2) is 14.3 Å². The Labute approximate surface area is 147 Å². The SMILES string of the molecule is CCOC(=O)N1CCc2c(c(C(=O)O)nn2-c2ccc(Br)cc2)C1. The number of amides is 1. The van der Waals surface area contributed by atoms with Crippen molar-refractivity contribution in [1.29, 1.82) is 0 Å². The molecule has 1 aliphatic rings. The molecule has 0 saturated heterocycles. The highest BCUT2D eigenvalue weighted by Crippen LogP contribution is 2.26. The summed E-state index contributed by atoms with van der Waals surface area (Å²) in [5.41, 5.74) is 2.13. The summed E-state index contributed by atoms with van der Waals surface area (Å²) in [6, 6.07) is 7.47. The number of carboxylic acid groups (broad SMARTS) is 1. The molecule has 1 aromatic heterocycles. The molecule has 8 heteroatoms. The molecular weight excluding hydrogens is 378 g/mol. The molecule has 24 heavy (non-hydrogen) atoms. The van der Waals surface area contributed by atoms with Crippen LogP contribution in [0.2, 0.25) is 0 Å². The lowest BCUT2D eigenvalue weighted by atomic mass is 10.1. The second kappa shape index (κ2) is 6.64. The zero-order valence-electron chi connectivity index (χ0n) is 13.0. The van der Waals surface area contributed by atoms with E-state index in [1.54, 1.807) is 11.6 Å². The number of nitrogens with zero attached hydrogens (tertiary/aromatic N) is 3. The minimum absolute atomic E-state index is 0.0260. The summed E-state index contributed by atoms with van der Waals surface area (Å²) in [5, 5.41) is 13.7. The van der Waals surface area contributed by atoms with Crippen molar-refractivity contribution >= 4 is 28.0 Å². The first-order valence-electron chi connectivity index (χ1n) is 7.53. The summed E-state index contributed by atoms with van der Waals surface area (Å²) in [7, 11) is 0. The molecular formula is C16H16BrN3O4. The van der Waals surface area contributed by atoms with Crippen molar-refractivity contribution < 1.29 is 19.4 Å². The van der Waals surface area contributed by atoms with Crippen molar-refractivity contribution in [3.05, 3.63) is 45.7 Å². The molecule has 0 atom stereocenters. The van der Waals surface area contributed by atoms with Crippen LogP contribution in [0.25, 0.3) is 5.69 Å². The number of ether oxygens (including phenoxy) is 1. The summed E-state index contributed by atoms with van der Waals surface area (Å²) in [5.74, 6) is -1.10. The van der Waals surface area contributed by atoms with E-state index in [0.29, 0.717) is 18.5 Å². The van der Waals surface area contributed by atoms with Gasteiger partial charge in [-0.2, -0.15) is 5.10 Å². The molecule has 0 unspecified atom stereocenters. The molecule has 1 aromatic carbocycles. The van der Waals surface area contributed by atoms with E-state index in [1.807, 2.05) is 24.3 Å². The van der Waals surface area contributed by atoms with Crippen molar-refractivity contribution in [3.63, 3.8) is 0 Å². The second-order valence-corrected chi connectivity index (χ2v) is 6.25. The minimum Gasteiger partial charge on any atom is -0.476 e. The number of hydrogen-bond acceptors (Lipinski definition) is 4. The van der Waals surface area contributed by atoms with E-state index >= 15 is 0 Å². The zero-order chi connectivity index (χ0) is 17.3. The zero-order valence-corrected chi connectivity index (χ0v) is 14.6. The Morgan fingerprint density at radius 2 is 2.04 bits per heavy atom. The fourth-order valence-corrected chi connectivity index (χ4v) is 3.02. The van der Waals surface area contributed by atoms with Crippen LogP contribution in [0.15, 0.2) is 28.7 Å². The van der Waals surface area contributed by atoms with Gasteiger partial charge in [-0.15, -0.1) is 0 Å². The van der Waals surface area contributed by atoms with E-state index in [-0.39, 0.29) is 18.8 Å². The summed E-state index contributed by atoms with van der Waals surface area (Å²) < 4.78 is 7.58. The molecule has 7 nitrogen and oxygen atoms in total. The number of carbonyl (C=O) groups is 2. The number of carboxylic acids is 1. The molecule has 1 amide bonds. The molecule has 0 aliphatic carbocycles. The standard InChI is InChI=1S/C16H16BrN3O4/c1-2-24-16(23)19-8-7-13-12(9-19)14(15(21)22)18-20(13)11-5-3-10(17)4-6-11/h3-6H,2,7-9H2,1H3,(H,21,22). The quantitative estimate of drug-likeness (QED) is 0.866. The maximum atomic E-state index is 11.9. The van der Waals surface area contributed by atoms with Crippen LogP contribution in [0.4, 0.5) is 4.79 Å². The average molecular weight is 394 g/mol. The third kappa shape index (κ3) is 3.01. The van der Waals surface area contributed by atoms with Crippen LogP contribution in [0, 0.1) is 0 Å². The number of aromatic nitrogens is 2. The Bertz CT molecular complexity index is 785. The smallest absolute Gasteiger partial charge is 0.410 e.